The fraction of sp³-hybridized carbons (Fsp3) is 0.118. The van der Waals surface area contributed by atoms with Gasteiger partial charge in [-0.2, -0.15) is 0 Å². The summed E-state index contributed by atoms with van der Waals surface area (Å²) < 4.78 is 6.44. The van der Waals surface area contributed by atoms with E-state index < -0.39 is 0 Å². The molecule has 0 aliphatic carbocycles. The van der Waals surface area contributed by atoms with E-state index in [0.717, 1.165) is 21.4 Å². The van der Waals surface area contributed by atoms with Gasteiger partial charge in [-0.1, -0.05) is 12.1 Å². The van der Waals surface area contributed by atoms with E-state index in [1.165, 1.54) is 0 Å². The van der Waals surface area contributed by atoms with Gasteiger partial charge < -0.3 is 4.74 Å². The van der Waals surface area contributed by atoms with Gasteiger partial charge in [0.05, 0.1) is 6.61 Å². The third-order valence-electron chi connectivity index (χ3n) is 3.15. The first kappa shape index (κ1) is 12.9. The second-order valence-electron chi connectivity index (χ2n) is 4.43. The Hall–Kier alpha value is -2.13. The van der Waals surface area contributed by atoms with Gasteiger partial charge in [-0.3, -0.25) is 4.79 Å². The van der Waals surface area contributed by atoms with Crippen LogP contribution in [-0.4, -0.2) is 12.4 Å². The highest BCUT2D eigenvalue weighted by Crippen LogP contribution is 2.27. The number of thiophene rings is 1. The van der Waals surface area contributed by atoms with Gasteiger partial charge in [0.15, 0.2) is 5.78 Å². The molecule has 0 spiro atoms. The van der Waals surface area contributed by atoms with E-state index in [1.807, 2.05) is 60.8 Å². The molecule has 3 rings (SSSR count). The van der Waals surface area contributed by atoms with Crippen LogP contribution in [0.15, 0.2) is 53.9 Å². The molecule has 0 aliphatic heterocycles. The fourth-order valence-corrected chi connectivity index (χ4v) is 3.11. The van der Waals surface area contributed by atoms with Crippen molar-refractivity contribution in [2.45, 2.75) is 6.92 Å². The molecule has 3 heteroatoms. The lowest BCUT2D eigenvalue weighted by molar-refractivity contribution is 0.104. The number of carbonyl (C=O) groups excluding carboxylic acids is 1. The third kappa shape index (κ3) is 2.32. The number of hydrogen-bond acceptors (Lipinski definition) is 3. The van der Waals surface area contributed by atoms with Crippen LogP contribution in [0.3, 0.4) is 0 Å². The number of carbonyl (C=O) groups is 1. The van der Waals surface area contributed by atoms with Crippen molar-refractivity contribution < 1.29 is 9.53 Å². The minimum atomic E-state index is 0.0566. The number of ketones is 1. The smallest absolute Gasteiger partial charge is 0.194 e. The van der Waals surface area contributed by atoms with Gasteiger partial charge in [-0.15, -0.1) is 11.3 Å². The number of rotatable bonds is 4. The minimum absolute atomic E-state index is 0.0566. The van der Waals surface area contributed by atoms with Crippen LogP contribution in [0.5, 0.6) is 5.75 Å². The van der Waals surface area contributed by atoms with E-state index in [2.05, 4.69) is 0 Å². The average Bonchev–Trinajstić information content (AvgIpc) is 2.96. The first-order valence-electron chi connectivity index (χ1n) is 6.53. The van der Waals surface area contributed by atoms with Crippen molar-refractivity contribution in [3.05, 3.63) is 65.0 Å². The van der Waals surface area contributed by atoms with Crippen molar-refractivity contribution in [2.75, 3.05) is 6.61 Å². The summed E-state index contributed by atoms with van der Waals surface area (Å²) in [6, 6.07) is 15.2. The summed E-state index contributed by atoms with van der Waals surface area (Å²) in [5.74, 6) is 0.847. The van der Waals surface area contributed by atoms with Gasteiger partial charge in [0.25, 0.3) is 0 Å². The Morgan fingerprint density at radius 1 is 1.10 bits per heavy atom. The van der Waals surface area contributed by atoms with Gasteiger partial charge in [0, 0.05) is 15.8 Å². The molecule has 0 amide bonds. The summed E-state index contributed by atoms with van der Waals surface area (Å²) >= 11 is 1.60. The Labute approximate surface area is 121 Å². The lowest BCUT2D eigenvalue weighted by Crippen LogP contribution is -2.01. The standard InChI is InChI=1S/C17H14O2S/c1-2-19-14-8-6-12(7-9-14)16(18)15-5-3-4-13-10-11-20-17(13)15/h3-11H,2H2,1H3. The molecule has 0 bridgehead atoms. The van der Waals surface area contributed by atoms with E-state index in [4.69, 9.17) is 4.74 Å². The largest absolute Gasteiger partial charge is 0.494 e. The highest BCUT2D eigenvalue weighted by Gasteiger charge is 2.13. The van der Waals surface area contributed by atoms with Crippen molar-refractivity contribution in [1.82, 2.24) is 0 Å². The van der Waals surface area contributed by atoms with E-state index in [0.29, 0.717) is 12.2 Å². The van der Waals surface area contributed by atoms with Crippen molar-refractivity contribution >= 4 is 27.2 Å². The van der Waals surface area contributed by atoms with E-state index in [1.54, 1.807) is 11.3 Å². The first-order chi connectivity index (χ1) is 9.79. The fourth-order valence-electron chi connectivity index (χ4n) is 2.20. The van der Waals surface area contributed by atoms with E-state index in [9.17, 15) is 4.79 Å². The first-order valence-corrected chi connectivity index (χ1v) is 7.41. The van der Waals surface area contributed by atoms with Crippen molar-refractivity contribution in [3.8, 4) is 5.75 Å². The lowest BCUT2D eigenvalue weighted by Gasteiger charge is -2.05. The second kappa shape index (κ2) is 5.47. The molecular weight excluding hydrogens is 268 g/mol. The van der Waals surface area contributed by atoms with Gasteiger partial charge in [0.1, 0.15) is 5.75 Å². The van der Waals surface area contributed by atoms with Crippen molar-refractivity contribution in [1.29, 1.82) is 0 Å². The zero-order chi connectivity index (χ0) is 13.9. The van der Waals surface area contributed by atoms with Crippen LogP contribution in [-0.2, 0) is 0 Å². The average molecular weight is 282 g/mol. The Bertz CT molecular complexity index is 741. The number of hydrogen-bond donors (Lipinski definition) is 0. The zero-order valence-electron chi connectivity index (χ0n) is 11.1. The maximum atomic E-state index is 12.6. The highest BCUT2D eigenvalue weighted by atomic mass is 32.1. The van der Waals surface area contributed by atoms with Crippen LogP contribution in [0.1, 0.15) is 22.8 Å². The van der Waals surface area contributed by atoms with Gasteiger partial charge in [-0.05, 0) is 54.1 Å². The molecule has 0 fully saturated rings. The molecule has 1 heterocycles. The number of benzene rings is 2. The maximum Gasteiger partial charge on any atom is 0.194 e. The quantitative estimate of drug-likeness (QED) is 0.657. The van der Waals surface area contributed by atoms with Gasteiger partial charge in [-0.25, -0.2) is 0 Å². The molecule has 2 nitrogen and oxygen atoms in total. The monoisotopic (exact) mass is 282 g/mol. The summed E-state index contributed by atoms with van der Waals surface area (Å²) in [4.78, 5) is 12.6. The van der Waals surface area contributed by atoms with Crippen LogP contribution in [0, 0.1) is 0 Å². The van der Waals surface area contributed by atoms with Crippen molar-refractivity contribution in [3.63, 3.8) is 0 Å². The molecule has 0 N–H and O–H groups in total. The number of ether oxygens (including phenoxy) is 1. The normalized spacial score (nSPS) is 10.7. The summed E-state index contributed by atoms with van der Waals surface area (Å²) in [5.41, 5.74) is 1.45. The SMILES string of the molecule is CCOc1ccc(C(=O)c2cccc3ccsc23)cc1. The zero-order valence-corrected chi connectivity index (χ0v) is 11.9. The number of fused-ring (bicyclic) bond motifs is 1. The third-order valence-corrected chi connectivity index (χ3v) is 4.11. The van der Waals surface area contributed by atoms with Crippen LogP contribution >= 0.6 is 11.3 Å². The summed E-state index contributed by atoms with van der Waals surface area (Å²) in [7, 11) is 0. The van der Waals surface area contributed by atoms with Gasteiger partial charge >= 0.3 is 0 Å². The highest BCUT2D eigenvalue weighted by molar-refractivity contribution is 7.17. The summed E-state index contributed by atoms with van der Waals surface area (Å²) in [6.07, 6.45) is 0. The van der Waals surface area contributed by atoms with Crippen molar-refractivity contribution in [2.24, 2.45) is 0 Å². The Morgan fingerprint density at radius 2 is 1.90 bits per heavy atom. The molecule has 2 aromatic carbocycles. The molecule has 20 heavy (non-hydrogen) atoms. The molecule has 0 saturated heterocycles. The molecular formula is C17H14O2S. The van der Waals surface area contributed by atoms with E-state index >= 15 is 0 Å². The molecule has 100 valence electrons. The molecule has 1 aromatic heterocycles. The van der Waals surface area contributed by atoms with Crippen LogP contribution in [0.2, 0.25) is 0 Å². The predicted octanol–water partition coefficient (Wildman–Crippen LogP) is 4.53. The second-order valence-corrected chi connectivity index (χ2v) is 5.35. The molecule has 0 aliphatic rings. The van der Waals surface area contributed by atoms with Gasteiger partial charge in [0.2, 0.25) is 0 Å². The topological polar surface area (TPSA) is 26.3 Å². The molecule has 0 radical (unpaired) electrons. The predicted molar refractivity (Wildman–Crippen MR) is 82.9 cm³/mol. The Balaban J connectivity index is 1.97. The molecule has 0 saturated carbocycles. The molecule has 3 aromatic rings. The van der Waals surface area contributed by atoms with Crippen LogP contribution < -0.4 is 4.74 Å². The van der Waals surface area contributed by atoms with Crippen LogP contribution in [0.25, 0.3) is 10.1 Å². The Kier molecular flexibility index (Phi) is 3.52. The van der Waals surface area contributed by atoms with E-state index in [-0.39, 0.29) is 5.78 Å². The maximum absolute atomic E-state index is 12.6. The van der Waals surface area contributed by atoms with Crippen LogP contribution in [0.4, 0.5) is 0 Å². The Morgan fingerprint density at radius 3 is 2.65 bits per heavy atom. The summed E-state index contributed by atoms with van der Waals surface area (Å²) in [5, 5.41) is 3.13. The summed E-state index contributed by atoms with van der Waals surface area (Å²) in [6.45, 7) is 2.57. The molecule has 0 atom stereocenters. The lowest BCUT2D eigenvalue weighted by atomic mass is 10.0. The minimum Gasteiger partial charge on any atom is -0.494 e. The molecule has 0 unspecified atom stereocenters.